The van der Waals surface area contributed by atoms with E-state index in [9.17, 15) is 4.39 Å². The lowest BCUT2D eigenvalue weighted by molar-refractivity contribution is 0.356. The van der Waals surface area contributed by atoms with Crippen LogP contribution in [0.1, 0.15) is 27.2 Å². The topological polar surface area (TPSA) is 15.3 Å². The molecule has 0 saturated carbocycles. The van der Waals surface area contributed by atoms with Gasteiger partial charge >= 0.3 is 0 Å². The van der Waals surface area contributed by atoms with Gasteiger partial charge < -0.3 is 10.2 Å². The molecule has 1 saturated heterocycles. The third-order valence-electron chi connectivity index (χ3n) is 3.68. The Labute approximate surface area is 130 Å². The number of nitrogens with zero attached hydrogens (tertiary/aromatic N) is 1. The predicted octanol–water partition coefficient (Wildman–Crippen LogP) is 4.35. The summed E-state index contributed by atoms with van der Waals surface area (Å²) in [4.78, 5) is 2.19. The second-order valence-corrected chi connectivity index (χ2v) is 6.77. The summed E-state index contributed by atoms with van der Waals surface area (Å²) >= 11 is 12.4. The van der Waals surface area contributed by atoms with Crippen LogP contribution >= 0.6 is 23.2 Å². The number of hydrogen-bond donors (Lipinski definition) is 1. The van der Waals surface area contributed by atoms with Crippen molar-refractivity contribution in [1.82, 2.24) is 5.32 Å². The molecule has 1 fully saturated rings. The number of piperazine rings is 1. The molecule has 2 atom stereocenters. The van der Waals surface area contributed by atoms with Crippen molar-refractivity contribution in [1.29, 1.82) is 0 Å². The average Bonchev–Trinajstić information content (AvgIpc) is 2.31. The standard InChI is InChI=1S/C15H21Cl2FN2/c1-9(2)4-12-8-20(10(3)7-19-12)15-13(16)5-11(18)6-14(15)17/h5-6,9-10,12,19H,4,7-8H2,1-3H3. The molecule has 1 N–H and O–H groups in total. The van der Waals surface area contributed by atoms with E-state index in [0.717, 1.165) is 25.2 Å². The number of hydrogen-bond acceptors (Lipinski definition) is 2. The van der Waals surface area contributed by atoms with Crippen LogP contribution < -0.4 is 10.2 Å². The van der Waals surface area contributed by atoms with Gasteiger partial charge in [-0.2, -0.15) is 0 Å². The van der Waals surface area contributed by atoms with E-state index < -0.39 is 5.82 Å². The maximum atomic E-state index is 13.3. The summed E-state index contributed by atoms with van der Waals surface area (Å²) in [6.07, 6.45) is 1.10. The van der Waals surface area contributed by atoms with E-state index >= 15 is 0 Å². The Hall–Kier alpha value is -0.510. The molecule has 5 heteroatoms. The van der Waals surface area contributed by atoms with Gasteiger partial charge in [-0.25, -0.2) is 4.39 Å². The molecule has 1 aromatic rings. The van der Waals surface area contributed by atoms with Gasteiger partial charge in [-0.05, 0) is 31.4 Å². The average molecular weight is 319 g/mol. The normalized spacial score (nSPS) is 23.4. The molecule has 1 aromatic carbocycles. The van der Waals surface area contributed by atoms with E-state index in [0.29, 0.717) is 22.0 Å². The molecular formula is C15H21Cl2FN2. The van der Waals surface area contributed by atoms with Crippen molar-refractivity contribution in [2.75, 3.05) is 18.0 Å². The zero-order chi connectivity index (χ0) is 14.9. The van der Waals surface area contributed by atoms with Crippen LogP contribution in [0.3, 0.4) is 0 Å². The summed E-state index contributed by atoms with van der Waals surface area (Å²) in [6, 6.07) is 3.34. The molecule has 0 aromatic heterocycles. The molecule has 2 rings (SSSR count). The molecule has 0 aliphatic carbocycles. The van der Waals surface area contributed by atoms with Crippen LogP contribution in [-0.4, -0.2) is 25.2 Å². The van der Waals surface area contributed by atoms with Gasteiger partial charge in [-0.3, -0.25) is 0 Å². The third-order valence-corrected chi connectivity index (χ3v) is 4.25. The highest BCUT2D eigenvalue weighted by molar-refractivity contribution is 6.39. The molecule has 0 bridgehead atoms. The zero-order valence-corrected chi connectivity index (χ0v) is 13.6. The Balaban J connectivity index is 2.25. The van der Waals surface area contributed by atoms with Gasteiger partial charge in [-0.1, -0.05) is 37.0 Å². The fourth-order valence-electron chi connectivity index (χ4n) is 2.78. The second kappa shape index (κ2) is 6.50. The van der Waals surface area contributed by atoms with E-state index in [1.165, 1.54) is 12.1 Å². The lowest BCUT2D eigenvalue weighted by atomic mass is 9.99. The van der Waals surface area contributed by atoms with Gasteiger partial charge in [0.1, 0.15) is 5.82 Å². The molecule has 0 radical (unpaired) electrons. The molecule has 0 amide bonds. The Morgan fingerprint density at radius 2 is 1.95 bits per heavy atom. The van der Waals surface area contributed by atoms with Crippen LogP contribution in [0.2, 0.25) is 10.0 Å². The fraction of sp³-hybridized carbons (Fsp3) is 0.600. The maximum absolute atomic E-state index is 13.3. The molecule has 2 nitrogen and oxygen atoms in total. The van der Waals surface area contributed by atoms with Gasteiger partial charge in [0.05, 0.1) is 15.7 Å². The zero-order valence-electron chi connectivity index (χ0n) is 12.1. The SMILES string of the molecule is CC(C)CC1CN(c2c(Cl)cc(F)cc2Cl)C(C)CN1. The lowest BCUT2D eigenvalue weighted by Gasteiger charge is -2.41. The van der Waals surface area contributed by atoms with Gasteiger partial charge in [0.25, 0.3) is 0 Å². The first-order valence-electron chi connectivity index (χ1n) is 7.03. The van der Waals surface area contributed by atoms with Crippen molar-refractivity contribution in [2.24, 2.45) is 5.92 Å². The molecule has 2 unspecified atom stereocenters. The summed E-state index contributed by atoms with van der Waals surface area (Å²) in [5.41, 5.74) is 0.748. The first-order valence-corrected chi connectivity index (χ1v) is 7.78. The predicted molar refractivity (Wildman–Crippen MR) is 84.5 cm³/mol. The highest BCUT2D eigenvalue weighted by Crippen LogP contribution is 2.36. The molecule has 112 valence electrons. The van der Waals surface area contributed by atoms with Crippen LogP contribution in [0.25, 0.3) is 0 Å². The van der Waals surface area contributed by atoms with Gasteiger partial charge in [0.2, 0.25) is 0 Å². The van der Waals surface area contributed by atoms with Crippen molar-refractivity contribution in [3.05, 3.63) is 28.0 Å². The molecule has 0 spiro atoms. The van der Waals surface area contributed by atoms with E-state index in [1.807, 2.05) is 0 Å². The van der Waals surface area contributed by atoms with Crippen LogP contribution in [0.5, 0.6) is 0 Å². The number of benzene rings is 1. The summed E-state index contributed by atoms with van der Waals surface area (Å²) in [6.45, 7) is 8.25. The maximum Gasteiger partial charge on any atom is 0.126 e. The van der Waals surface area contributed by atoms with Crippen LogP contribution in [0, 0.1) is 11.7 Å². The lowest BCUT2D eigenvalue weighted by Crippen LogP contribution is -2.56. The third kappa shape index (κ3) is 3.57. The highest BCUT2D eigenvalue weighted by atomic mass is 35.5. The first-order chi connectivity index (χ1) is 9.38. The number of halogens is 3. The number of anilines is 1. The van der Waals surface area contributed by atoms with Crippen molar-refractivity contribution < 1.29 is 4.39 Å². The molecule has 1 heterocycles. The van der Waals surface area contributed by atoms with Crippen LogP contribution in [0.4, 0.5) is 10.1 Å². The van der Waals surface area contributed by atoms with Gasteiger partial charge in [-0.15, -0.1) is 0 Å². The summed E-state index contributed by atoms with van der Waals surface area (Å²) < 4.78 is 13.3. The second-order valence-electron chi connectivity index (χ2n) is 5.95. The Kier molecular flexibility index (Phi) is 5.16. The first kappa shape index (κ1) is 15.9. The van der Waals surface area contributed by atoms with Crippen molar-refractivity contribution in [2.45, 2.75) is 39.3 Å². The van der Waals surface area contributed by atoms with Crippen molar-refractivity contribution in [3.63, 3.8) is 0 Å². The Bertz CT molecular complexity index is 456. The van der Waals surface area contributed by atoms with Crippen LogP contribution in [0.15, 0.2) is 12.1 Å². The largest absolute Gasteiger partial charge is 0.364 e. The van der Waals surface area contributed by atoms with Crippen molar-refractivity contribution >= 4 is 28.9 Å². The number of nitrogens with one attached hydrogen (secondary N) is 1. The van der Waals surface area contributed by atoms with E-state index in [-0.39, 0.29) is 6.04 Å². The minimum absolute atomic E-state index is 0.277. The van der Waals surface area contributed by atoms with E-state index in [2.05, 4.69) is 31.0 Å². The molecule has 1 aliphatic heterocycles. The van der Waals surface area contributed by atoms with Crippen LogP contribution in [-0.2, 0) is 0 Å². The minimum atomic E-state index is -0.398. The Morgan fingerprint density at radius 3 is 2.50 bits per heavy atom. The minimum Gasteiger partial charge on any atom is -0.364 e. The van der Waals surface area contributed by atoms with Gasteiger partial charge in [0.15, 0.2) is 0 Å². The summed E-state index contributed by atoms with van der Waals surface area (Å²) in [7, 11) is 0. The number of rotatable bonds is 3. The molecule has 1 aliphatic rings. The molecular weight excluding hydrogens is 298 g/mol. The quantitative estimate of drug-likeness (QED) is 0.891. The monoisotopic (exact) mass is 318 g/mol. The van der Waals surface area contributed by atoms with E-state index in [4.69, 9.17) is 23.2 Å². The van der Waals surface area contributed by atoms with Crippen molar-refractivity contribution in [3.8, 4) is 0 Å². The highest BCUT2D eigenvalue weighted by Gasteiger charge is 2.28. The summed E-state index contributed by atoms with van der Waals surface area (Å²) in [5.74, 6) is 0.229. The Morgan fingerprint density at radius 1 is 1.35 bits per heavy atom. The van der Waals surface area contributed by atoms with Gasteiger partial charge in [0, 0.05) is 25.2 Å². The molecule has 20 heavy (non-hydrogen) atoms. The van der Waals surface area contributed by atoms with E-state index in [1.54, 1.807) is 0 Å². The summed E-state index contributed by atoms with van der Waals surface area (Å²) in [5, 5.41) is 4.31. The fourth-order valence-corrected chi connectivity index (χ4v) is 3.45. The smallest absolute Gasteiger partial charge is 0.126 e.